The molecule has 1 N–H and O–H groups in total. The third-order valence-corrected chi connectivity index (χ3v) is 5.02. The Morgan fingerprint density at radius 1 is 1.29 bits per heavy atom. The zero-order valence-corrected chi connectivity index (χ0v) is 16.1. The first-order valence-corrected chi connectivity index (χ1v) is 9.53. The smallest absolute Gasteiger partial charge is 0.323 e. The Morgan fingerprint density at radius 2 is 2.11 bits per heavy atom. The largest absolute Gasteiger partial charge is 0.493 e. The highest BCUT2D eigenvalue weighted by Crippen LogP contribution is 2.26. The molecule has 2 aliphatic rings. The lowest BCUT2D eigenvalue weighted by molar-refractivity contribution is -0.147. The van der Waals surface area contributed by atoms with Crippen molar-refractivity contribution in [3.05, 3.63) is 29.3 Å². The number of benzene rings is 1. The Morgan fingerprint density at radius 3 is 2.86 bits per heavy atom. The van der Waals surface area contributed by atoms with Crippen LogP contribution in [-0.2, 0) is 32.0 Å². The molecule has 0 aromatic heterocycles. The van der Waals surface area contributed by atoms with E-state index in [2.05, 4.69) is 0 Å². The van der Waals surface area contributed by atoms with Gasteiger partial charge in [0.25, 0.3) is 0 Å². The van der Waals surface area contributed by atoms with Crippen LogP contribution in [0.25, 0.3) is 0 Å². The number of fused-ring (bicyclic) bond motifs is 1. The van der Waals surface area contributed by atoms with Crippen molar-refractivity contribution in [3.8, 4) is 5.75 Å². The van der Waals surface area contributed by atoms with E-state index in [9.17, 15) is 14.4 Å². The van der Waals surface area contributed by atoms with Gasteiger partial charge in [-0.2, -0.15) is 0 Å². The second-order valence-corrected chi connectivity index (χ2v) is 7.20. The van der Waals surface area contributed by atoms with Crippen LogP contribution in [0.5, 0.6) is 5.75 Å². The van der Waals surface area contributed by atoms with Crippen LogP contribution >= 0.6 is 0 Å². The van der Waals surface area contributed by atoms with Crippen LogP contribution < -0.4 is 4.74 Å². The number of carbonyl (C=O) groups excluding carboxylic acids is 2. The van der Waals surface area contributed by atoms with Crippen molar-refractivity contribution in [2.24, 2.45) is 0 Å². The lowest BCUT2D eigenvalue weighted by Gasteiger charge is -2.35. The van der Waals surface area contributed by atoms with Crippen LogP contribution in [0, 0.1) is 0 Å². The summed E-state index contributed by atoms with van der Waals surface area (Å²) in [5, 5.41) is 8.94. The summed E-state index contributed by atoms with van der Waals surface area (Å²) in [6.45, 7) is 3.04. The van der Waals surface area contributed by atoms with Gasteiger partial charge in [-0.05, 0) is 30.0 Å². The number of hydrogen-bond donors (Lipinski definition) is 1. The molecule has 1 atom stereocenters. The Labute approximate surface area is 164 Å². The van der Waals surface area contributed by atoms with E-state index in [0.717, 1.165) is 36.3 Å². The molecule has 2 heterocycles. The van der Waals surface area contributed by atoms with E-state index in [0.29, 0.717) is 26.1 Å². The number of aliphatic carboxylic acids is 1. The molecule has 0 saturated carbocycles. The van der Waals surface area contributed by atoms with Crippen LogP contribution in [-0.4, -0.2) is 78.2 Å². The highest BCUT2D eigenvalue weighted by atomic mass is 16.5. The molecular weight excluding hydrogens is 364 g/mol. The number of ether oxygens (including phenoxy) is 2. The van der Waals surface area contributed by atoms with E-state index in [-0.39, 0.29) is 24.9 Å². The van der Waals surface area contributed by atoms with Crippen molar-refractivity contribution in [2.75, 3.05) is 39.4 Å². The molecule has 152 valence electrons. The number of rotatable bonds is 6. The SMILES string of the molecule is CC(=O)N(CC(=O)O)CC1CN(C(=O)Cc2ccc3c(c2)CCCO3)CCO1. The van der Waals surface area contributed by atoms with Crippen LogP contribution in [0.4, 0.5) is 0 Å². The minimum absolute atomic E-state index is 0.00223. The molecule has 1 fully saturated rings. The van der Waals surface area contributed by atoms with Crippen LogP contribution in [0.1, 0.15) is 24.5 Å². The minimum Gasteiger partial charge on any atom is -0.493 e. The highest BCUT2D eigenvalue weighted by Gasteiger charge is 2.27. The van der Waals surface area contributed by atoms with Crippen molar-refractivity contribution < 1.29 is 29.0 Å². The standard InChI is InChI=1S/C20H26N2O6/c1-14(23)22(13-20(25)26)12-17-11-21(6-8-27-17)19(24)10-15-4-5-18-16(9-15)3-2-7-28-18/h4-5,9,17H,2-3,6-8,10-13H2,1H3,(H,25,26). The number of carboxylic acids is 1. The lowest BCUT2D eigenvalue weighted by Crippen LogP contribution is -2.51. The zero-order valence-electron chi connectivity index (χ0n) is 16.1. The number of amides is 2. The predicted molar refractivity (Wildman–Crippen MR) is 100 cm³/mol. The molecule has 0 bridgehead atoms. The van der Waals surface area contributed by atoms with Crippen molar-refractivity contribution in [1.82, 2.24) is 9.80 Å². The van der Waals surface area contributed by atoms with Gasteiger partial charge >= 0.3 is 5.97 Å². The first-order chi connectivity index (χ1) is 13.4. The Kier molecular flexibility index (Phi) is 6.51. The number of carboxylic acid groups (broad SMARTS) is 1. The fourth-order valence-corrected chi connectivity index (χ4v) is 3.58. The number of morpholine rings is 1. The molecule has 1 aromatic rings. The number of carbonyl (C=O) groups is 3. The van der Waals surface area contributed by atoms with E-state index in [4.69, 9.17) is 14.6 Å². The van der Waals surface area contributed by atoms with Gasteiger partial charge in [-0.15, -0.1) is 0 Å². The number of nitrogens with zero attached hydrogens (tertiary/aromatic N) is 2. The maximum atomic E-state index is 12.7. The van der Waals surface area contributed by atoms with Crippen molar-refractivity contribution >= 4 is 17.8 Å². The van der Waals surface area contributed by atoms with E-state index in [1.54, 1.807) is 4.90 Å². The minimum atomic E-state index is -1.07. The monoisotopic (exact) mass is 390 g/mol. The topological polar surface area (TPSA) is 96.4 Å². The number of hydrogen-bond acceptors (Lipinski definition) is 5. The fourth-order valence-electron chi connectivity index (χ4n) is 3.58. The summed E-state index contributed by atoms with van der Waals surface area (Å²) in [6.07, 6.45) is 1.85. The Bertz CT molecular complexity index is 750. The molecule has 1 aromatic carbocycles. The molecule has 2 aliphatic heterocycles. The molecule has 1 unspecified atom stereocenters. The summed E-state index contributed by atoms with van der Waals surface area (Å²) in [7, 11) is 0. The molecule has 0 radical (unpaired) electrons. The maximum absolute atomic E-state index is 12.7. The van der Waals surface area contributed by atoms with E-state index in [1.807, 2.05) is 18.2 Å². The summed E-state index contributed by atoms with van der Waals surface area (Å²) in [5.41, 5.74) is 2.09. The third kappa shape index (κ3) is 5.22. The molecule has 8 nitrogen and oxygen atoms in total. The van der Waals surface area contributed by atoms with Gasteiger partial charge < -0.3 is 24.4 Å². The molecule has 3 rings (SSSR count). The fraction of sp³-hybridized carbons (Fsp3) is 0.550. The van der Waals surface area contributed by atoms with E-state index >= 15 is 0 Å². The van der Waals surface area contributed by atoms with Crippen LogP contribution in [0.3, 0.4) is 0 Å². The van der Waals surface area contributed by atoms with Gasteiger partial charge in [-0.1, -0.05) is 12.1 Å². The second kappa shape index (κ2) is 9.05. The normalized spacial score (nSPS) is 18.8. The second-order valence-electron chi connectivity index (χ2n) is 7.20. The van der Waals surface area contributed by atoms with Gasteiger partial charge in [-0.3, -0.25) is 14.4 Å². The molecule has 0 spiro atoms. The average molecular weight is 390 g/mol. The third-order valence-electron chi connectivity index (χ3n) is 5.02. The van der Waals surface area contributed by atoms with Gasteiger partial charge in [0, 0.05) is 26.6 Å². The first kappa shape index (κ1) is 20.1. The van der Waals surface area contributed by atoms with Gasteiger partial charge in [0.1, 0.15) is 12.3 Å². The summed E-state index contributed by atoms with van der Waals surface area (Å²) in [4.78, 5) is 38.3. The summed E-state index contributed by atoms with van der Waals surface area (Å²) in [5.74, 6) is -0.504. The molecule has 2 amide bonds. The molecule has 28 heavy (non-hydrogen) atoms. The highest BCUT2D eigenvalue weighted by molar-refractivity contribution is 5.80. The van der Waals surface area contributed by atoms with Crippen LogP contribution in [0.2, 0.25) is 0 Å². The summed E-state index contributed by atoms with van der Waals surface area (Å²) < 4.78 is 11.3. The van der Waals surface area contributed by atoms with Gasteiger partial charge in [0.2, 0.25) is 11.8 Å². The van der Waals surface area contributed by atoms with Crippen molar-refractivity contribution in [2.45, 2.75) is 32.3 Å². The molecule has 1 saturated heterocycles. The molecule has 0 aliphatic carbocycles. The van der Waals surface area contributed by atoms with Gasteiger partial charge in [-0.25, -0.2) is 0 Å². The van der Waals surface area contributed by atoms with Crippen LogP contribution in [0.15, 0.2) is 18.2 Å². The van der Waals surface area contributed by atoms with Crippen molar-refractivity contribution in [1.29, 1.82) is 0 Å². The van der Waals surface area contributed by atoms with Crippen molar-refractivity contribution in [3.63, 3.8) is 0 Å². The summed E-state index contributed by atoms with van der Waals surface area (Å²) in [6, 6.07) is 5.88. The van der Waals surface area contributed by atoms with Gasteiger partial charge in [0.15, 0.2) is 0 Å². The zero-order chi connectivity index (χ0) is 20.1. The Hall–Kier alpha value is -2.61. The van der Waals surface area contributed by atoms with Gasteiger partial charge in [0.05, 0.1) is 25.7 Å². The lowest BCUT2D eigenvalue weighted by atomic mass is 10.0. The Balaban J connectivity index is 1.58. The maximum Gasteiger partial charge on any atom is 0.323 e. The molecular formula is C20H26N2O6. The van der Waals surface area contributed by atoms with E-state index in [1.165, 1.54) is 11.8 Å². The summed E-state index contributed by atoms with van der Waals surface area (Å²) >= 11 is 0. The average Bonchev–Trinajstić information content (AvgIpc) is 2.67. The molecule has 8 heteroatoms. The quantitative estimate of drug-likeness (QED) is 0.769. The predicted octanol–water partition coefficient (Wildman–Crippen LogP) is 0.715. The number of aryl methyl sites for hydroxylation is 1. The van der Waals surface area contributed by atoms with E-state index < -0.39 is 12.1 Å². The first-order valence-electron chi connectivity index (χ1n) is 9.53.